The third-order valence-corrected chi connectivity index (χ3v) is 3.84. The third kappa shape index (κ3) is 3.42. The predicted molar refractivity (Wildman–Crippen MR) is 80.9 cm³/mol. The van der Waals surface area contributed by atoms with Gasteiger partial charge in [-0.1, -0.05) is 0 Å². The van der Waals surface area contributed by atoms with Crippen molar-refractivity contribution in [3.63, 3.8) is 0 Å². The minimum Gasteiger partial charge on any atom is -0.397 e. The summed E-state index contributed by atoms with van der Waals surface area (Å²) in [6, 6.07) is 5.34. The van der Waals surface area contributed by atoms with Crippen LogP contribution in [0.4, 0.5) is 11.4 Å². The van der Waals surface area contributed by atoms with Crippen molar-refractivity contribution in [3.05, 3.63) is 23.8 Å². The van der Waals surface area contributed by atoms with Crippen LogP contribution in [0.25, 0.3) is 0 Å². The minimum absolute atomic E-state index is 0.108. The molecular formula is C15H23N3O2. The molecule has 110 valence electrons. The van der Waals surface area contributed by atoms with Crippen LogP contribution in [0.3, 0.4) is 0 Å². The van der Waals surface area contributed by atoms with Crippen LogP contribution >= 0.6 is 0 Å². The fraction of sp³-hybridized carbons (Fsp3) is 0.533. The van der Waals surface area contributed by atoms with Gasteiger partial charge in [-0.05, 0) is 43.4 Å². The molecule has 0 aromatic heterocycles. The van der Waals surface area contributed by atoms with E-state index in [1.54, 1.807) is 12.1 Å². The van der Waals surface area contributed by atoms with Crippen LogP contribution in [0.2, 0.25) is 0 Å². The van der Waals surface area contributed by atoms with Crippen LogP contribution < -0.4 is 16.0 Å². The standard InChI is InChI=1S/C15H23N3O2/c1-18(2)14-6-4-11(8-13(14)16)15(20)17-9-10-3-5-12(19)7-10/h4,6,8,10,12,19H,3,5,7,9,16H2,1-2H3,(H,17,20). The van der Waals surface area contributed by atoms with Gasteiger partial charge in [0.1, 0.15) is 0 Å². The Hall–Kier alpha value is -1.75. The number of nitrogens with two attached hydrogens (primary N) is 1. The number of aliphatic hydroxyl groups is 1. The smallest absolute Gasteiger partial charge is 0.251 e. The molecule has 1 aliphatic carbocycles. The van der Waals surface area contributed by atoms with Crippen molar-refractivity contribution < 1.29 is 9.90 Å². The summed E-state index contributed by atoms with van der Waals surface area (Å²) in [7, 11) is 3.83. The first-order valence-electron chi connectivity index (χ1n) is 7.00. The quantitative estimate of drug-likeness (QED) is 0.723. The molecule has 1 amide bonds. The van der Waals surface area contributed by atoms with Gasteiger partial charge in [-0.2, -0.15) is 0 Å². The van der Waals surface area contributed by atoms with Crippen molar-refractivity contribution >= 4 is 17.3 Å². The highest BCUT2D eigenvalue weighted by molar-refractivity contribution is 5.96. The largest absolute Gasteiger partial charge is 0.397 e. The van der Waals surface area contributed by atoms with E-state index in [9.17, 15) is 9.90 Å². The van der Waals surface area contributed by atoms with Crippen LogP contribution in [0.1, 0.15) is 29.6 Å². The number of hydrogen-bond acceptors (Lipinski definition) is 4. The Labute approximate surface area is 119 Å². The zero-order valence-corrected chi connectivity index (χ0v) is 12.1. The first kappa shape index (κ1) is 14.7. The highest BCUT2D eigenvalue weighted by atomic mass is 16.3. The van der Waals surface area contributed by atoms with E-state index in [0.717, 1.165) is 24.9 Å². The van der Waals surface area contributed by atoms with Crippen molar-refractivity contribution in [2.75, 3.05) is 31.3 Å². The average molecular weight is 277 g/mol. The van der Waals surface area contributed by atoms with Crippen molar-refractivity contribution in [1.29, 1.82) is 0 Å². The maximum atomic E-state index is 12.1. The Morgan fingerprint density at radius 3 is 2.75 bits per heavy atom. The molecule has 5 nitrogen and oxygen atoms in total. The lowest BCUT2D eigenvalue weighted by Gasteiger charge is -2.16. The van der Waals surface area contributed by atoms with Gasteiger partial charge in [0.2, 0.25) is 0 Å². The van der Waals surface area contributed by atoms with E-state index < -0.39 is 0 Å². The van der Waals surface area contributed by atoms with Crippen LogP contribution in [-0.2, 0) is 0 Å². The number of aliphatic hydroxyl groups excluding tert-OH is 1. The van der Waals surface area contributed by atoms with E-state index in [2.05, 4.69) is 5.32 Å². The topological polar surface area (TPSA) is 78.6 Å². The second-order valence-electron chi connectivity index (χ2n) is 5.71. The number of anilines is 2. The molecule has 0 bridgehead atoms. The SMILES string of the molecule is CN(C)c1ccc(C(=O)NCC2CCC(O)C2)cc1N. The van der Waals surface area contributed by atoms with Gasteiger partial charge in [-0.25, -0.2) is 0 Å². The second-order valence-corrected chi connectivity index (χ2v) is 5.71. The van der Waals surface area contributed by atoms with E-state index in [1.165, 1.54) is 0 Å². The molecule has 2 atom stereocenters. The van der Waals surface area contributed by atoms with Gasteiger partial charge >= 0.3 is 0 Å². The molecular weight excluding hydrogens is 254 g/mol. The first-order chi connectivity index (χ1) is 9.47. The van der Waals surface area contributed by atoms with E-state index in [-0.39, 0.29) is 12.0 Å². The maximum absolute atomic E-state index is 12.1. The zero-order chi connectivity index (χ0) is 14.7. The maximum Gasteiger partial charge on any atom is 0.251 e. The molecule has 1 aromatic rings. The Balaban J connectivity index is 1.94. The van der Waals surface area contributed by atoms with Crippen molar-refractivity contribution in [3.8, 4) is 0 Å². The molecule has 2 unspecified atom stereocenters. The van der Waals surface area contributed by atoms with Crippen LogP contribution in [0, 0.1) is 5.92 Å². The fourth-order valence-corrected chi connectivity index (χ4v) is 2.68. The Bertz CT molecular complexity index is 488. The number of amides is 1. The molecule has 1 aliphatic rings. The summed E-state index contributed by atoms with van der Waals surface area (Å²) in [5.74, 6) is 0.274. The summed E-state index contributed by atoms with van der Waals surface area (Å²) in [6.45, 7) is 0.616. The molecule has 4 N–H and O–H groups in total. The van der Waals surface area contributed by atoms with E-state index in [1.807, 2.05) is 25.1 Å². The van der Waals surface area contributed by atoms with Crippen LogP contribution in [0.5, 0.6) is 0 Å². The van der Waals surface area contributed by atoms with Gasteiger partial charge in [0.15, 0.2) is 0 Å². The number of hydrogen-bond donors (Lipinski definition) is 3. The lowest BCUT2D eigenvalue weighted by molar-refractivity contribution is 0.0945. The molecule has 5 heteroatoms. The van der Waals surface area contributed by atoms with Crippen LogP contribution in [0.15, 0.2) is 18.2 Å². The Kier molecular flexibility index (Phi) is 4.49. The molecule has 0 saturated heterocycles. The molecule has 0 spiro atoms. The molecule has 1 aromatic carbocycles. The van der Waals surface area contributed by atoms with Crippen molar-refractivity contribution in [2.24, 2.45) is 5.92 Å². The highest BCUT2D eigenvalue weighted by Gasteiger charge is 2.23. The molecule has 2 rings (SSSR count). The number of nitrogens with zero attached hydrogens (tertiary/aromatic N) is 1. The first-order valence-corrected chi connectivity index (χ1v) is 7.00. The van der Waals surface area contributed by atoms with Gasteiger partial charge in [0.05, 0.1) is 17.5 Å². The predicted octanol–water partition coefficient (Wildman–Crippen LogP) is 1.23. The fourth-order valence-electron chi connectivity index (χ4n) is 2.68. The Morgan fingerprint density at radius 2 is 2.20 bits per heavy atom. The molecule has 1 fully saturated rings. The lowest BCUT2D eigenvalue weighted by Crippen LogP contribution is -2.28. The lowest BCUT2D eigenvalue weighted by atomic mass is 10.1. The van der Waals surface area contributed by atoms with E-state index >= 15 is 0 Å². The number of carbonyl (C=O) groups excluding carboxylic acids is 1. The third-order valence-electron chi connectivity index (χ3n) is 3.84. The van der Waals surface area contributed by atoms with Crippen LogP contribution in [-0.4, -0.2) is 37.8 Å². The molecule has 0 radical (unpaired) electrons. The minimum atomic E-state index is -0.202. The summed E-state index contributed by atoms with van der Waals surface area (Å²) >= 11 is 0. The number of carbonyl (C=O) groups is 1. The van der Waals surface area contributed by atoms with Gasteiger partial charge in [-0.3, -0.25) is 4.79 Å². The monoisotopic (exact) mass is 277 g/mol. The molecule has 20 heavy (non-hydrogen) atoms. The number of nitrogen functional groups attached to an aromatic ring is 1. The van der Waals surface area contributed by atoms with Crippen molar-refractivity contribution in [2.45, 2.75) is 25.4 Å². The summed E-state index contributed by atoms with van der Waals surface area (Å²) in [4.78, 5) is 14.0. The van der Waals surface area contributed by atoms with Gasteiger partial charge < -0.3 is 21.1 Å². The van der Waals surface area contributed by atoms with Gasteiger partial charge in [0, 0.05) is 26.2 Å². The average Bonchev–Trinajstić information content (AvgIpc) is 2.81. The van der Waals surface area contributed by atoms with Gasteiger partial charge in [-0.15, -0.1) is 0 Å². The van der Waals surface area contributed by atoms with E-state index in [4.69, 9.17) is 5.73 Å². The summed E-state index contributed by atoms with van der Waals surface area (Å²) in [5.41, 5.74) is 8.02. The molecule has 0 heterocycles. The number of nitrogens with one attached hydrogen (secondary N) is 1. The number of benzene rings is 1. The zero-order valence-electron chi connectivity index (χ0n) is 12.1. The Morgan fingerprint density at radius 1 is 1.45 bits per heavy atom. The summed E-state index contributed by atoms with van der Waals surface area (Å²) in [5, 5.41) is 12.4. The summed E-state index contributed by atoms with van der Waals surface area (Å²) < 4.78 is 0. The normalized spacial score (nSPS) is 21.8. The molecule has 1 saturated carbocycles. The molecule has 0 aliphatic heterocycles. The number of rotatable bonds is 4. The second kappa shape index (κ2) is 6.13. The van der Waals surface area contributed by atoms with Gasteiger partial charge in [0.25, 0.3) is 5.91 Å². The summed E-state index contributed by atoms with van der Waals surface area (Å²) in [6.07, 6.45) is 2.39. The van der Waals surface area contributed by atoms with E-state index in [0.29, 0.717) is 23.7 Å². The van der Waals surface area contributed by atoms with Crippen molar-refractivity contribution in [1.82, 2.24) is 5.32 Å². The highest BCUT2D eigenvalue weighted by Crippen LogP contribution is 2.25.